The summed E-state index contributed by atoms with van der Waals surface area (Å²) in [4.78, 5) is 15.7. The predicted octanol–water partition coefficient (Wildman–Crippen LogP) is -15.4. The van der Waals surface area contributed by atoms with Crippen molar-refractivity contribution in [2.75, 3.05) is 66.4 Å². The molecule has 492 valence electrons. The molecule has 0 aliphatic carbocycles. The molecule has 0 aromatic rings. The van der Waals surface area contributed by atoms with E-state index >= 15 is 0 Å². The van der Waals surface area contributed by atoms with Gasteiger partial charge in [-0.15, -0.1) is 0 Å². The lowest BCUT2D eigenvalue weighted by Crippen LogP contribution is -2.63. The highest BCUT2D eigenvalue weighted by Gasteiger charge is 2.53. The summed E-state index contributed by atoms with van der Waals surface area (Å²) in [6, 6.07) is 0. The average molecular weight is 1240 g/mol. The monoisotopic (exact) mass is 1240 g/mol. The maximum Gasteiger partial charge on any atom is 0.331 e. The number of aliphatic hydroxyl groups is 22. The molecule has 38 nitrogen and oxygen atoms in total. The molecule has 6 saturated heterocycles. The van der Waals surface area contributed by atoms with Crippen LogP contribution in [0.25, 0.3) is 0 Å². The second-order valence-corrected chi connectivity index (χ2v) is 21.3. The molecule has 6 fully saturated rings. The number of rotatable bonds is 27. The predicted molar refractivity (Wildman–Crippen MR) is 256 cm³/mol. The van der Waals surface area contributed by atoms with Gasteiger partial charge < -0.3 is 174 Å². The molecule has 34 unspecified atom stereocenters. The van der Waals surface area contributed by atoms with Gasteiger partial charge in [0.15, 0.2) is 44.3 Å². The van der Waals surface area contributed by atoms with Gasteiger partial charge in [0.1, 0.15) is 159 Å². The molecule has 0 radical (unpaired) electrons. The van der Waals surface area contributed by atoms with Crippen molar-refractivity contribution in [3.05, 3.63) is 0 Å². The number of nitrogens with zero attached hydrogens (tertiary/aromatic N) is 1. The largest absolute Gasteiger partial charge is 0.479 e. The minimum absolute atomic E-state index is 0.0968. The Hall–Kier alpha value is -1.97. The Kier molecular flexibility index (Phi) is 26.8. The van der Waals surface area contributed by atoms with Crippen LogP contribution in [0.3, 0.4) is 0 Å². The molecule has 38 heteroatoms. The van der Waals surface area contributed by atoms with Gasteiger partial charge in [0.2, 0.25) is 0 Å². The third-order valence-electron chi connectivity index (χ3n) is 15.0. The molecule has 6 rings (SSSR count). The maximum absolute atomic E-state index is 10.8. The number of aliphatic carboxylic acids is 1. The van der Waals surface area contributed by atoms with Gasteiger partial charge in [0.05, 0.1) is 52.4 Å². The molecule has 6 aliphatic heterocycles. The summed E-state index contributed by atoms with van der Waals surface area (Å²) < 4.78 is 66.1. The SMILES string of the molecule is CC(CN(C)OCC(=O)O)C(O)C(O)C(O)COC1OC(COC2OC(COC3OC(COC4OC(COC5OC(COC6OC(CO)C(O)C(O)C6O)C(O)C(O)C5O)C(O)C(O)C4O)C(O)C(O)C3O)C(O)C(O)C2O)C(O)C(O)C1O. The zero-order valence-electron chi connectivity index (χ0n) is 44.9. The quantitative estimate of drug-likeness (QED) is 0.0340. The van der Waals surface area contributed by atoms with E-state index in [1.165, 1.54) is 14.0 Å². The van der Waals surface area contributed by atoms with Crippen LogP contribution in [-0.4, -0.2) is 397 Å². The van der Waals surface area contributed by atoms with Crippen LogP contribution in [0, 0.1) is 5.92 Å². The fourth-order valence-corrected chi connectivity index (χ4v) is 9.70. The molecule has 6 heterocycles. The lowest BCUT2D eigenvalue weighted by molar-refractivity contribution is -0.352. The van der Waals surface area contributed by atoms with E-state index in [2.05, 4.69) is 0 Å². The van der Waals surface area contributed by atoms with Gasteiger partial charge in [-0.25, -0.2) is 4.79 Å². The molecule has 0 bridgehead atoms. The van der Waals surface area contributed by atoms with Crippen LogP contribution in [0.15, 0.2) is 0 Å². The summed E-state index contributed by atoms with van der Waals surface area (Å²) in [6.07, 6.45) is -61.3. The first kappa shape index (κ1) is 71.1. The molecule has 0 aromatic carbocycles. The molecule has 0 amide bonds. The first-order valence-corrected chi connectivity index (χ1v) is 26.6. The van der Waals surface area contributed by atoms with Gasteiger partial charge in [-0.3, -0.25) is 4.84 Å². The van der Waals surface area contributed by atoms with Crippen molar-refractivity contribution in [1.82, 2.24) is 5.06 Å². The molecule has 0 spiro atoms. The fraction of sp³-hybridized carbons (Fsp3) is 0.978. The number of hydroxylamine groups is 2. The van der Waals surface area contributed by atoms with E-state index in [1.54, 1.807) is 0 Å². The number of aliphatic hydroxyl groups excluding tert-OH is 22. The number of carboxylic acid groups (broad SMARTS) is 1. The number of carboxylic acids is 1. The maximum atomic E-state index is 10.8. The zero-order chi connectivity index (χ0) is 62.3. The topological polar surface area (TPSA) is 606 Å². The minimum atomic E-state index is -2.07. The van der Waals surface area contributed by atoms with Crippen LogP contribution >= 0.6 is 0 Å². The lowest BCUT2D eigenvalue weighted by atomic mass is 9.96. The second-order valence-electron chi connectivity index (χ2n) is 21.3. The van der Waals surface area contributed by atoms with Crippen LogP contribution in [0.2, 0.25) is 0 Å². The Morgan fingerprint density at radius 2 is 0.643 bits per heavy atom. The van der Waals surface area contributed by atoms with Crippen molar-refractivity contribution < 1.29 is 184 Å². The van der Waals surface area contributed by atoms with Crippen LogP contribution < -0.4 is 0 Å². The summed E-state index contributed by atoms with van der Waals surface area (Å²) in [5, 5.41) is 242. The summed E-state index contributed by atoms with van der Waals surface area (Å²) in [5.41, 5.74) is 0. The standard InChI is InChI=1S/C46H81NO37/c1-12(3-47(2)78-11-20(50)51)21(52)22(53)13(49)5-72-41-36(67)30(61)24(55)15(80-41)7-74-43-38(69)32(63)26(57)17(82-43)9-76-45-40(71)34(65)28(59)19(84-45)10-77-46-39(70)33(64)27(58)18(83-46)8-75-44-37(68)31(62)25(56)16(81-44)6-73-42-35(66)29(60)23(54)14(4-48)79-42/h12-19,21-46,48-49,52-71H,3-11H2,1-2H3,(H,50,51). The van der Waals surface area contributed by atoms with Crippen LogP contribution in [0.1, 0.15) is 6.92 Å². The van der Waals surface area contributed by atoms with Gasteiger partial charge in [0, 0.05) is 13.6 Å². The van der Waals surface area contributed by atoms with E-state index < -0.39 is 267 Å². The van der Waals surface area contributed by atoms with Crippen LogP contribution in [-0.2, 0) is 66.5 Å². The van der Waals surface area contributed by atoms with E-state index in [4.69, 9.17) is 66.8 Å². The summed E-state index contributed by atoms with van der Waals surface area (Å²) in [7, 11) is 1.37. The van der Waals surface area contributed by atoms with Gasteiger partial charge in [-0.05, 0) is 5.92 Å². The fourth-order valence-electron chi connectivity index (χ4n) is 9.70. The molecule has 23 N–H and O–H groups in total. The Labute approximate surface area is 476 Å². The van der Waals surface area contributed by atoms with Crippen molar-refractivity contribution in [2.45, 2.75) is 209 Å². The summed E-state index contributed by atoms with van der Waals surface area (Å²) in [6.45, 7) is -4.99. The third kappa shape index (κ3) is 17.1. The smallest absolute Gasteiger partial charge is 0.331 e. The summed E-state index contributed by atoms with van der Waals surface area (Å²) >= 11 is 0. The third-order valence-corrected chi connectivity index (χ3v) is 15.0. The van der Waals surface area contributed by atoms with E-state index in [-0.39, 0.29) is 6.54 Å². The molecule has 0 aromatic heterocycles. The van der Waals surface area contributed by atoms with Gasteiger partial charge in [0.25, 0.3) is 0 Å². The molecule has 6 aliphatic rings. The van der Waals surface area contributed by atoms with Crippen molar-refractivity contribution in [3.63, 3.8) is 0 Å². The normalized spacial score (nSPS) is 46.6. The van der Waals surface area contributed by atoms with Crippen molar-refractivity contribution in [2.24, 2.45) is 5.92 Å². The zero-order valence-corrected chi connectivity index (χ0v) is 44.9. The minimum Gasteiger partial charge on any atom is -0.479 e. The molecule has 84 heavy (non-hydrogen) atoms. The Morgan fingerprint density at radius 1 is 0.393 bits per heavy atom. The molecule has 0 saturated carbocycles. The van der Waals surface area contributed by atoms with Gasteiger partial charge in [-0.1, -0.05) is 6.92 Å². The van der Waals surface area contributed by atoms with E-state index in [0.717, 1.165) is 5.06 Å². The highest BCUT2D eigenvalue weighted by atomic mass is 16.8. The Balaban J connectivity index is 0.988. The van der Waals surface area contributed by atoms with Crippen molar-refractivity contribution in [3.8, 4) is 0 Å². The average Bonchev–Trinajstić information content (AvgIpc) is 3.68. The van der Waals surface area contributed by atoms with Crippen molar-refractivity contribution >= 4 is 5.97 Å². The van der Waals surface area contributed by atoms with Gasteiger partial charge >= 0.3 is 5.97 Å². The van der Waals surface area contributed by atoms with Gasteiger partial charge in [-0.2, -0.15) is 5.06 Å². The number of hydrogen-bond donors (Lipinski definition) is 23. The lowest BCUT2D eigenvalue weighted by Gasteiger charge is -2.45. The number of hydrogen-bond acceptors (Lipinski definition) is 37. The first-order chi connectivity index (χ1) is 39.5. The second kappa shape index (κ2) is 31.7. The number of carbonyl (C=O) groups is 1. The number of ether oxygens (including phenoxy) is 12. The highest BCUT2D eigenvalue weighted by molar-refractivity contribution is 5.67. The highest BCUT2D eigenvalue weighted by Crippen LogP contribution is 2.32. The van der Waals surface area contributed by atoms with E-state index in [1.807, 2.05) is 0 Å². The molecular weight excluding hydrogens is 1160 g/mol. The van der Waals surface area contributed by atoms with E-state index in [9.17, 15) is 117 Å². The van der Waals surface area contributed by atoms with E-state index in [0.29, 0.717) is 0 Å². The molecule has 34 atom stereocenters. The summed E-state index contributed by atoms with van der Waals surface area (Å²) in [5.74, 6) is -2.08. The first-order valence-electron chi connectivity index (χ1n) is 26.6. The van der Waals surface area contributed by atoms with Crippen molar-refractivity contribution in [1.29, 1.82) is 0 Å². The van der Waals surface area contributed by atoms with Crippen LogP contribution in [0.4, 0.5) is 0 Å². The van der Waals surface area contributed by atoms with Crippen LogP contribution in [0.5, 0.6) is 0 Å². The molecular formula is C46H81NO37. The Morgan fingerprint density at radius 3 is 0.905 bits per heavy atom. The Bertz CT molecular complexity index is 1960.